The van der Waals surface area contributed by atoms with Gasteiger partial charge in [-0.05, 0) is 67.1 Å². The molecule has 1 aliphatic carbocycles. The molecule has 0 fully saturated rings. The van der Waals surface area contributed by atoms with Crippen LogP contribution in [0.15, 0.2) is 46.2 Å². The number of sulfone groups is 1. The Kier molecular flexibility index (Phi) is 4.17. The van der Waals surface area contributed by atoms with E-state index in [1.165, 1.54) is 17.7 Å². The van der Waals surface area contributed by atoms with Gasteiger partial charge in [0.25, 0.3) is 0 Å². The number of hydrogen-bond acceptors (Lipinski definition) is 5. The zero-order valence-electron chi connectivity index (χ0n) is 13.4. The molecule has 5 nitrogen and oxygen atoms in total. The topological polar surface area (TPSA) is 77.5 Å². The lowest BCUT2D eigenvalue weighted by Gasteiger charge is -2.11. The van der Waals surface area contributed by atoms with Gasteiger partial charge in [-0.1, -0.05) is 12.1 Å². The molecule has 7 heteroatoms. The summed E-state index contributed by atoms with van der Waals surface area (Å²) in [6.07, 6.45) is 4.00. The Morgan fingerprint density at radius 1 is 0.917 bits per heavy atom. The van der Waals surface area contributed by atoms with Crippen LogP contribution in [-0.4, -0.2) is 23.1 Å². The van der Waals surface area contributed by atoms with Crippen molar-refractivity contribution in [3.8, 4) is 5.75 Å². The van der Waals surface area contributed by atoms with Crippen molar-refractivity contribution in [3.63, 3.8) is 0 Å². The summed E-state index contributed by atoms with van der Waals surface area (Å²) in [5, 5.41) is 0. The number of fused-ring (bicyclic) bond motifs is 1. The normalized spacial score (nSPS) is 14.4. The quantitative estimate of drug-likeness (QED) is 0.778. The highest BCUT2D eigenvalue weighted by Gasteiger charge is 2.23. The van der Waals surface area contributed by atoms with Crippen LogP contribution >= 0.6 is 0 Å². The second kappa shape index (κ2) is 5.89. The molecule has 0 amide bonds. The fourth-order valence-corrected chi connectivity index (χ4v) is 4.75. The predicted octanol–water partition coefficient (Wildman–Crippen LogP) is 2.65. The van der Waals surface area contributed by atoms with Gasteiger partial charge in [0.2, 0.25) is 0 Å². The fraction of sp³-hybridized carbons (Fsp3) is 0.294. The molecule has 24 heavy (non-hydrogen) atoms. The molecule has 0 heterocycles. The van der Waals surface area contributed by atoms with Crippen molar-refractivity contribution in [2.75, 3.05) is 6.26 Å². The molecule has 0 unspecified atom stereocenters. The van der Waals surface area contributed by atoms with Crippen LogP contribution in [0.25, 0.3) is 0 Å². The average Bonchev–Trinajstić information content (AvgIpc) is 2.93. The molecule has 128 valence electrons. The summed E-state index contributed by atoms with van der Waals surface area (Å²) >= 11 is 0. The van der Waals surface area contributed by atoms with Gasteiger partial charge in [-0.3, -0.25) is 0 Å². The van der Waals surface area contributed by atoms with Gasteiger partial charge in [-0.25, -0.2) is 8.42 Å². The Morgan fingerprint density at radius 3 is 2.33 bits per heavy atom. The standard InChI is InChI=1S/C17H18O5S2/c1-12-6-9-16(23(2,18)19)11-17(12)24(20,21)22-15-8-7-13-4-3-5-14(13)10-15/h6-11H,3-5H2,1-2H3. The lowest BCUT2D eigenvalue weighted by molar-refractivity contribution is 0.485. The maximum Gasteiger partial charge on any atom is 0.339 e. The monoisotopic (exact) mass is 366 g/mol. The third kappa shape index (κ3) is 3.32. The van der Waals surface area contributed by atoms with Crippen LogP contribution in [0.3, 0.4) is 0 Å². The summed E-state index contributed by atoms with van der Waals surface area (Å²) < 4.78 is 53.8. The Labute approximate surface area is 142 Å². The van der Waals surface area contributed by atoms with Gasteiger partial charge >= 0.3 is 10.1 Å². The lowest BCUT2D eigenvalue weighted by Crippen LogP contribution is -2.12. The van der Waals surface area contributed by atoms with E-state index in [2.05, 4.69) is 0 Å². The summed E-state index contributed by atoms with van der Waals surface area (Å²) in [6.45, 7) is 1.60. The van der Waals surface area contributed by atoms with Crippen LogP contribution in [0.5, 0.6) is 5.75 Å². The van der Waals surface area contributed by atoms with E-state index in [1.807, 2.05) is 6.07 Å². The van der Waals surface area contributed by atoms with Crippen LogP contribution in [0.1, 0.15) is 23.1 Å². The minimum atomic E-state index is -4.11. The summed E-state index contributed by atoms with van der Waals surface area (Å²) in [4.78, 5) is -0.185. The Bertz CT molecular complexity index is 1010. The highest BCUT2D eigenvalue weighted by Crippen LogP contribution is 2.29. The summed E-state index contributed by atoms with van der Waals surface area (Å²) in [6, 6.07) is 9.27. The first-order chi connectivity index (χ1) is 11.2. The van der Waals surface area contributed by atoms with Crippen molar-refractivity contribution in [1.82, 2.24) is 0 Å². The highest BCUT2D eigenvalue weighted by atomic mass is 32.2. The zero-order valence-corrected chi connectivity index (χ0v) is 15.1. The van der Waals surface area contributed by atoms with E-state index >= 15 is 0 Å². The first kappa shape index (κ1) is 17.0. The minimum absolute atomic E-state index is 0.0516. The molecule has 1 aliphatic rings. The van der Waals surface area contributed by atoms with E-state index in [0.717, 1.165) is 37.1 Å². The molecule has 0 N–H and O–H groups in total. The largest absolute Gasteiger partial charge is 0.379 e. The van der Waals surface area contributed by atoms with E-state index in [0.29, 0.717) is 5.56 Å². The molecule has 0 radical (unpaired) electrons. The van der Waals surface area contributed by atoms with Crippen LogP contribution in [0.2, 0.25) is 0 Å². The lowest BCUT2D eigenvalue weighted by atomic mass is 10.1. The van der Waals surface area contributed by atoms with Gasteiger partial charge in [0.05, 0.1) is 4.90 Å². The van der Waals surface area contributed by atoms with Gasteiger partial charge in [0, 0.05) is 6.26 Å². The molecule has 2 aromatic carbocycles. The molecule has 2 aromatic rings. The van der Waals surface area contributed by atoms with Crippen molar-refractivity contribution >= 4 is 20.0 Å². The predicted molar refractivity (Wildman–Crippen MR) is 90.6 cm³/mol. The van der Waals surface area contributed by atoms with Gasteiger partial charge in [-0.2, -0.15) is 8.42 Å². The zero-order chi connectivity index (χ0) is 17.5. The van der Waals surface area contributed by atoms with Crippen molar-refractivity contribution in [2.24, 2.45) is 0 Å². The smallest absolute Gasteiger partial charge is 0.339 e. The number of benzene rings is 2. The molecule has 0 saturated heterocycles. The van der Waals surface area contributed by atoms with Crippen LogP contribution < -0.4 is 4.18 Å². The molecule has 0 atom stereocenters. The maximum absolute atomic E-state index is 12.6. The van der Waals surface area contributed by atoms with Crippen LogP contribution in [-0.2, 0) is 32.8 Å². The highest BCUT2D eigenvalue weighted by molar-refractivity contribution is 7.90. The van der Waals surface area contributed by atoms with Crippen LogP contribution in [0, 0.1) is 6.92 Å². The Morgan fingerprint density at radius 2 is 1.62 bits per heavy atom. The maximum atomic E-state index is 12.6. The number of hydrogen-bond donors (Lipinski definition) is 0. The summed E-state index contributed by atoms with van der Waals surface area (Å²) in [5.74, 6) is 0.250. The molecule has 0 aliphatic heterocycles. The molecule has 0 spiro atoms. The molecular formula is C17H18O5S2. The molecule has 0 bridgehead atoms. The van der Waals surface area contributed by atoms with E-state index in [1.54, 1.807) is 19.1 Å². The molecule has 0 aromatic heterocycles. The first-order valence-electron chi connectivity index (χ1n) is 7.54. The average molecular weight is 366 g/mol. The third-order valence-corrected chi connectivity index (χ3v) is 6.63. The number of aryl methyl sites for hydroxylation is 3. The second-order valence-electron chi connectivity index (χ2n) is 6.02. The van der Waals surface area contributed by atoms with Gasteiger partial charge in [-0.15, -0.1) is 0 Å². The van der Waals surface area contributed by atoms with E-state index in [4.69, 9.17) is 4.18 Å². The van der Waals surface area contributed by atoms with Gasteiger partial charge < -0.3 is 4.18 Å². The van der Waals surface area contributed by atoms with Crippen molar-refractivity contribution < 1.29 is 21.0 Å². The van der Waals surface area contributed by atoms with Crippen molar-refractivity contribution in [3.05, 3.63) is 53.1 Å². The number of rotatable bonds is 4. The van der Waals surface area contributed by atoms with Crippen molar-refractivity contribution in [1.29, 1.82) is 0 Å². The van der Waals surface area contributed by atoms with E-state index in [9.17, 15) is 16.8 Å². The molecule has 3 rings (SSSR count). The van der Waals surface area contributed by atoms with Crippen LogP contribution in [0.4, 0.5) is 0 Å². The summed E-state index contributed by atoms with van der Waals surface area (Å²) in [5.41, 5.74) is 2.75. The fourth-order valence-electron chi connectivity index (χ4n) is 2.85. The first-order valence-corrected chi connectivity index (χ1v) is 10.8. The van der Waals surface area contributed by atoms with Gasteiger partial charge in [0.15, 0.2) is 9.84 Å². The third-order valence-electron chi connectivity index (χ3n) is 4.13. The SMILES string of the molecule is Cc1ccc(S(C)(=O)=O)cc1S(=O)(=O)Oc1ccc2c(c1)CCC2. The second-order valence-corrected chi connectivity index (χ2v) is 9.55. The van der Waals surface area contributed by atoms with E-state index < -0.39 is 20.0 Å². The Balaban J connectivity index is 1.99. The summed E-state index contributed by atoms with van der Waals surface area (Å²) in [7, 11) is -7.61. The van der Waals surface area contributed by atoms with E-state index in [-0.39, 0.29) is 15.5 Å². The minimum Gasteiger partial charge on any atom is -0.379 e. The van der Waals surface area contributed by atoms with Crippen molar-refractivity contribution in [2.45, 2.75) is 36.0 Å². The van der Waals surface area contributed by atoms with Gasteiger partial charge in [0.1, 0.15) is 10.6 Å². The molecule has 0 saturated carbocycles. The Hall–Kier alpha value is -1.86. The molecular weight excluding hydrogens is 348 g/mol.